The molecule has 1 aliphatic rings. The van der Waals surface area contributed by atoms with Crippen molar-refractivity contribution in [3.63, 3.8) is 0 Å². The second-order valence-corrected chi connectivity index (χ2v) is 8.48. The molecule has 1 saturated carbocycles. The smallest absolute Gasteiger partial charge is 0.173 e. The molecular formula is C22H22ClFN2S. The molecule has 4 rings (SSSR count). The fourth-order valence-corrected chi connectivity index (χ4v) is 4.95. The third-order valence-electron chi connectivity index (χ3n) is 5.13. The molecule has 3 aromatic rings. The number of hydrogen-bond donors (Lipinski definition) is 0. The number of nitrogens with zero attached hydrogens (tertiary/aromatic N) is 2. The molecule has 0 amide bonds. The second kappa shape index (κ2) is 8.49. The lowest BCUT2D eigenvalue weighted by Crippen LogP contribution is -2.09. The molecule has 2 nitrogen and oxygen atoms in total. The molecule has 0 aliphatic heterocycles. The highest BCUT2D eigenvalue weighted by Crippen LogP contribution is 2.34. The van der Waals surface area contributed by atoms with E-state index in [0.717, 1.165) is 33.8 Å². The molecule has 1 aliphatic carbocycles. The number of rotatable bonds is 5. The molecular weight excluding hydrogens is 379 g/mol. The summed E-state index contributed by atoms with van der Waals surface area (Å²) in [5.74, 6) is 1.63. The normalized spacial score (nSPS) is 15.2. The largest absolute Gasteiger partial charge is 0.287 e. The van der Waals surface area contributed by atoms with Crippen LogP contribution in [0, 0.1) is 11.7 Å². The van der Waals surface area contributed by atoms with Crippen molar-refractivity contribution in [2.75, 3.05) is 5.75 Å². The van der Waals surface area contributed by atoms with E-state index in [0.29, 0.717) is 5.02 Å². The van der Waals surface area contributed by atoms with Crippen molar-refractivity contribution in [3.8, 4) is 16.9 Å². The fourth-order valence-electron chi connectivity index (χ4n) is 3.65. The minimum Gasteiger partial charge on any atom is -0.287 e. The van der Waals surface area contributed by atoms with Crippen LogP contribution in [-0.2, 0) is 0 Å². The molecule has 1 fully saturated rings. The number of halogens is 2. The van der Waals surface area contributed by atoms with Crippen molar-refractivity contribution in [3.05, 3.63) is 65.6 Å². The second-order valence-electron chi connectivity index (χ2n) is 7.06. The van der Waals surface area contributed by atoms with Gasteiger partial charge in [0.25, 0.3) is 0 Å². The average Bonchev–Trinajstić information content (AvgIpc) is 3.12. The Morgan fingerprint density at radius 1 is 1.00 bits per heavy atom. The third-order valence-corrected chi connectivity index (χ3v) is 6.56. The van der Waals surface area contributed by atoms with Gasteiger partial charge in [0.05, 0.1) is 11.9 Å². The zero-order valence-electron chi connectivity index (χ0n) is 15.1. The van der Waals surface area contributed by atoms with Crippen molar-refractivity contribution >= 4 is 23.4 Å². The van der Waals surface area contributed by atoms with Gasteiger partial charge in [-0.1, -0.05) is 42.6 Å². The van der Waals surface area contributed by atoms with Crippen LogP contribution in [0.15, 0.2) is 59.9 Å². The van der Waals surface area contributed by atoms with Gasteiger partial charge in [-0.15, -0.1) is 0 Å². The van der Waals surface area contributed by atoms with Crippen LogP contribution in [0.25, 0.3) is 16.9 Å². The maximum absolute atomic E-state index is 13.4. The predicted molar refractivity (Wildman–Crippen MR) is 111 cm³/mol. The summed E-state index contributed by atoms with van der Waals surface area (Å²) < 4.78 is 15.5. The molecule has 1 heterocycles. The first-order valence-electron chi connectivity index (χ1n) is 9.43. The SMILES string of the molecule is Fc1ccc(-c2cnc(SCC3CCCCC3)n2-c2ccc(Cl)cc2)cc1. The number of imidazole rings is 1. The van der Waals surface area contributed by atoms with Crippen molar-refractivity contribution in [2.45, 2.75) is 37.3 Å². The molecule has 140 valence electrons. The number of benzene rings is 2. The van der Waals surface area contributed by atoms with Crippen molar-refractivity contribution in [2.24, 2.45) is 5.92 Å². The van der Waals surface area contributed by atoms with Crippen LogP contribution in [0.1, 0.15) is 32.1 Å². The summed E-state index contributed by atoms with van der Waals surface area (Å²) in [6.07, 6.45) is 8.58. The Hall–Kier alpha value is -1.78. The monoisotopic (exact) mass is 400 g/mol. The van der Waals surface area contributed by atoms with Crippen LogP contribution in [-0.4, -0.2) is 15.3 Å². The Labute approximate surface area is 168 Å². The molecule has 5 heteroatoms. The summed E-state index contributed by atoms with van der Waals surface area (Å²) in [6, 6.07) is 14.4. The van der Waals surface area contributed by atoms with Gasteiger partial charge in [-0.2, -0.15) is 0 Å². The molecule has 0 radical (unpaired) electrons. The van der Waals surface area contributed by atoms with E-state index in [1.165, 1.54) is 44.2 Å². The Morgan fingerprint density at radius 2 is 1.70 bits per heavy atom. The van der Waals surface area contributed by atoms with Crippen LogP contribution in [0.4, 0.5) is 4.39 Å². The van der Waals surface area contributed by atoms with E-state index in [1.807, 2.05) is 42.2 Å². The Bertz CT molecular complexity index is 884. The summed E-state index contributed by atoms with van der Waals surface area (Å²) >= 11 is 7.89. The zero-order chi connectivity index (χ0) is 18.6. The Kier molecular flexibility index (Phi) is 5.84. The van der Waals surface area contributed by atoms with E-state index in [1.54, 1.807) is 12.1 Å². The lowest BCUT2D eigenvalue weighted by molar-refractivity contribution is 0.390. The molecule has 2 aromatic carbocycles. The van der Waals surface area contributed by atoms with Gasteiger partial charge in [0.1, 0.15) is 5.82 Å². The van der Waals surface area contributed by atoms with Gasteiger partial charge in [0, 0.05) is 22.0 Å². The standard InChI is InChI=1S/C22H22ClFN2S/c23-18-8-12-20(13-9-18)26-21(17-6-10-19(24)11-7-17)14-25-22(26)27-15-16-4-2-1-3-5-16/h6-14,16H,1-5,15H2. The minimum atomic E-state index is -0.233. The van der Waals surface area contributed by atoms with Crippen molar-refractivity contribution < 1.29 is 4.39 Å². The van der Waals surface area contributed by atoms with Gasteiger partial charge in [-0.25, -0.2) is 9.37 Å². The minimum absolute atomic E-state index is 0.233. The number of hydrogen-bond acceptors (Lipinski definition) is 2. The average molecular weight is 401 g/mol. The van der Waals surface area contributed by atoms with E-state index < -0.39 is 0 Å². The lowest BCUT2D eigenvalue weighted by atomic mass is 9.91. The number of aromatic nitrogens is 2. The van der Waals surface area contributed by atoms with Gasteiger partial charge in [-0.3, -0.25) is 4.57 Å². The first-order chi connectivity index (χ1) is 13.2. The summed E-state index contributed by atoms with van der Waals surface area (Å²) in [6.45, 7) is 0. The van der Waals surface area contributed by atoms with Gasteiger partial charge < -0.3 is 0 Å². The molecule has 27 heavy (non-hydrogen) atoms. The van der Waals surface area contributed by atoms with Crippen LogP contribution >= 0.6 is 23.4 Å². The molecule has 0 N–H and O–H groups in total. The third kappa shape index (κ3) is 4.39. The summed E-state index contributed by atoms with van der Waals surface area (Å²) in [5.41, 5.74) is 2.93. The van der Waals surface area contributed by atoms with E-state index in [-0.39, 0.29) is 5.82 Å². The van der Waals surface area contributed by atoms with Gasteiger partial charge in [0.2, 0.25) is 0 Å². The Balaban J connectivity index is 1.67. The van der Waals surface area contributed by atoms with E-state index >= 15 is 0 Å². The van der Waals surface area contributed by atoms with Crippen LogP contribution < -0.4 is 0 Å². The van der Waals surface area contributed by atoms with Gasteiger partial charge in [0.15, 0.2) is 5.16 Å². The molecule has 0 spiro atoms. The molecule has 1 aromatic heterocycles. The molecule has 0 unspecified atom stereocenters. The van der Waals surface area contributed by atoms with Crippen molar-refractivity contribution in [1.29, 1.82) is 0 Å². The van der Waals surface area contributed by atoms with E-state index in [4.69, 9.17) is 16.6 Å². The summed E-state index contributed by atoms with van der Waals surface area (Å²) in [4.78, 5) is 4.70. The summed E-state index contributed by atoms with van der Waals surface area (Å²) in [5, 5.41) is 1.68. The maximum Gasteiger partial charge on any atom is 0.173 e. The van der Waals surface area contributed by atoms with Gasteiger partial charge in [-0.05, 0) is 67.3 Å². The highest BCUT2D eigenvalue weighted by Gasteiger charge is 2.18. The van der Waals surface area contributed by atoms with Crippen LogP contribution in [0.2, 0.25) is 5.02 Å². The van der Waals surface area contributed by atoms with Crippen LogP contribution in [0.3, 0.4) is 0 Å². The van der Waals surface area contributed by atoms with E-state index in [9.17, 15) is 4.39 Å². The highest BCUT2D eigenvalue weighted by molar-refractivity contribution is 7.99. The number of thioether (sulfide) groups is 1. The lowest BCUT2D eigenvalue weighted by Gasteiger charge is -2.21. The molecule has 0 saturated heterocycles. The summed E-state index contributed by atoms with van der Waals surface area (Å²) in [7, 11) is 0. The zero-order valence-corrected chi connectivity index (χ0v) is 16.6. The molecule has 0 bridgehead atoms. The first-order valence-corrected chi connectivity index (χ1v) is 10.8. The van der Waals surface area contributed by atoms with Crippen molar-refractivity contribution in [1.82, 2.24) is 9.55 Å². The Morgan fingerprint density at radius 3 is 2.41 bits per heavy atom. The predicted octanol–water partition coefficient (Wildman–Crippen LogP) is 7.00. The quantitative estimate of drug-likeness (QED) is 0.429. The maximum atomic E-state index is 13.4. The van der Waals surface area contributed by atoms with E-state index in [2.05, 4.69) is 4.57 Å². The highest BCUT2D eigenvalue weighted by atomic mass is 35.5. The molecule has 0 atom stereocenters. The topological polar surface area (TPSA) is 17.8 Å². The van der Waals surface area contributed by atoms with Gasteiger partial charge >= 0.3 is 0 Å². The fraction of sp³-hybridized carbons (Fsp3) is 0.318. The first kappa shape index (κ1) is 18.6. The van der Waals surface area contributed by atoms with Crippen LogP contribution in [0.5, 0.6) is 0 Å².